The first-order valence-corrected chi connectivity index (χ1v) is 15.6. The Kier molecular flexibility index (Phi) is 12.1. The summed E-state index contributed by atoms with van der Waals surface area (Å²) in [4.78, 5) is 0. The summed E-state index contributed by atoms with van der Waals surface area (Å²) in [7, 11) is -0.557. The third kappa shape index (κ3) is 8.05. The predicted molar refractivity (Wildman–Crippen MR) is 160 cm³/mol. The highest BCUT2D eigenvalue weighted by Gasteiger charge is 2.19. The van der Waals surface area contributed by atoms with Crippen molar-refractivity contribution in [1.82, 2.24) is 0 Å². The minimum atomic E-state index is -0.557. The van der Waals surface area contributed by atoms with Gasteiger partial charge in [0.25, 0.3) is 0 Å². The maximum Gasteiger partial charge on any atom is -0.0134 e. The third-order valence-corrected chi connectivity index (χ3v) is 9.68. The molecular formula is C34H47P. The van der Waals surface area contributed by atoms with Crippen LogP contribution in [0.5, 0.6) is 0 Å². The van der Waals surface area contributed by atoms with Gasteiger partial charge in [0.05, 0.1) is 0 Å². The molecule has 3 aromatic rings. The van der Waals surface area contributed by atoms with Gasteiger partial charge in [0.1, 0.15) is 0 Å². The monoisotopic (exact) mass is 486 g/mol. The molecular weight excluding hydrogens is 439 g/mol. The van der Waals surface area contributed by atoms with E-state index >= 15 is 0 Å². The molecule has 0 radical (unpaired) electrons. The van der Waals surface area contributed by atoms with Crippen LogP contribution in [-0.4, -0.2) is 0 Å². The van der Waals surface area contributed by atoms with Gasteiger partial charge < -0.3 is 0 Å². The van der Waals surface area contributed by atoms with Crippen molar-refractivity contribution in [3.63, 3.8) is 0 Å². The quantitative estimate of drug-likeness (QED) is 0.149. The summed E-state index contributed by atoms with van der Waals surface area (Å²) in [5.41, 5.74) is 6.22. The van der Waals surface area contributed by atoms with Gasteiger partial charge >= 0.3 is 0 Å². The smallest absolute Gasteiger partial charge is 0.0134 e. The molecule has 0 saturated carbocycles. The second-order valence-corrected chi connectivity index (χ2v) is 12.1. The van der Waals surface area contributed by atoms with Crippen molar-refractivity contribution in [3.05, 3.63) is 89.0 Å². The van der Waals surface area contributed by atoms with Crippen LogP contribution >= 0.6 is 7.92 Å². The van der Waals surface area contributed by atoms with Crippen molar-refractivity contribution >= 4 is 23.8 Å². The van der Waals surface area contributed by atoms with E-state index < -0.39 is 7.92 Å². The normalized spacial score (nSPS) is 11.3. The summed E-state index contributed by atoms with van der Waals surface area (Å²) in [6, 6.07) is 26.1. The molecule has 0 fully saturated rings. The van der Waals surface area contributed by atoms with Crippen molar-refractivity contribution < 1.29 is 0 Å². The zero-order valence-electron chi connectivity index (χ0n) is 22.8. The second-order valence-electron chi connectivity index (χ2n) is 9.91. The summed E-state index contributed by atoms with van der Waals surface area (Å²) < 4.78 is 0. The predicted octanol–water partition coefficient (Wildman–Crippen LogP) is 8.82. The Morgan fingerprint density at radius 2 is 0.943 bits per heavy atom. The molecule has 0 N–H and O–H groups in total. The largest absolute Gasteiger partial charge is 0.0654 e. The average Bonchev–Trinajstić information content (AvgIpc) is 2.90. The Hall–Kier alpha value is -1.91. The van der Waals surface area contributed by atoms with Crippen LogP contribution in [0.3, 0.4) is 0 Å². The van der Waals surface area contributed by atoms with Gasteiger partial charge in [-0.25, -0.2) is 0 Å². The van der Waals surface area contributed by atoms with Crippen LogP contribution in [-0.2, 0) is 25.7 Å². The van der Waals surface area contributed by atoms with Crippen molar-refractivity contribution in [1.29, 1.82) is 0 Å². The number of aryl methyl sites for hydroxylation is 4. The lowest BCUT2D eigenvalue weighted by Gasteiger charge is -2.23. The maximum absolute atomic E-state index is 2.57. The van der Waals surface area contributed by atoms with Gasteiger partial charge in [-0.05, 0) is 84.6 Å². The van der Waals surface area contributed by atoms with Crippen molar-refractivity contribution in [2.75, 3.05) is 0 Å². The van der Waals surface area contributed by atoms with E-state index in [1.165, 1.54) is 91.2 Å². The lowest BCUT2D eigenvalue weighted by atomic mass is 9.99. The van der Waals surface area contributed by atoms with Crippen molar-refractivity contribution in [2.24, 2.45) is 0 Å². The number of rotatable bonds is 15. The lowest BCUT2D eigenvalue weighted by molar-refractivity contribution is 0.665. The minimum absolute atomic E-state index is 0.557. The molecule has 0 nitrogen and oxygen atoms in total. The highest BCUT2D eigenvalue weighted by Crippen LogP contribution is 2.35. The Labute approximate surface area is 217 Å². The van der Waals surface area contributed by atoms with E-state index in [0.29, 0.717) is 0 Å². The highest BCUT2D eigenvalue weighted by atomic mass is 31.1. The van der Waals surface area contributed by atoms with Gasteiger partial charge in [-0.3, -0.25) is 0 Å². The van der Waals surface area contributed by atoms with Crippen molar-refractivity contribution in [3.8, 4) is 0 Å². The van der Waals surface area contributed by atoms with E-state index in [-0.39, 0.29) is 0 Å². The molecule has 0 bridgehead atoms. The van der Waals surface area contributed by atoms with E-state index in [1.807, 2.05) is 0 Å². The summed E-state index contributed by atoms with van der Waals surface area (Å²) in [6.07, 6.45) is 15.3. The minimum Gasteiger partial charge on any atom is -0.0654 e. The van der Waals surface area contributed by atoms with E-state index in [4.69, 9.17) is 0 Å². The van der Waals surface area contributed by atoms with Gasteiger partial charge in [0.15, 0.2) is 0 Å². The molecule has 0 amide bonds. The molecule has 0 heterocycles. The van der Waals surface area contributed by atoms with E-state index in [0.717, 1.165) is 12.8 Å². The first-order valence-electron chi connectivity index (χ1n) is 14.3. The van der Waals surface area contributed by atoms with E-state index in [9.17, 15) is 0 Å². The van der Waals surface area contributed by atoms with Gasteiger partial charge in [0.2, 0.25) is 0 Å². The van der Waals surface area contributed by atoms with Crippen LogP contribution in [0.4, 0.5) is 0 Å². The molecule has 0 aliphatic heterocycles. The van der Waals surface area contributed by atoms with Gasteiger partial charge in [-0.2, -0.15) is 0 Å². The van der Waals surface area contributed by atoms with Crippen LogP contribution in [0.2, 0.25) is 0 Å². The van der Waals surface area contributed by atoms with Crippen LogP contribution in [0.15, 0.2) is 66.7 Å². The zero-order valence-corrected chi connectivity index (χ0v) is 23.7. The molecule has 0 saturated heterocycles. The molecule has 3 aromatic carbocycles. The van der Waals surface area contributed by atoms with Crippen LogP contribution in [0.1, 0.15) is 101 Å². The lowest BCUT2D eigenvalue weighted by Crippen LogP contribution is -2.22. The third-order valence-electron chi connectivity index (χ3n) is 7.27. The van der Waals surface area contributed by atoms with Crippen LogP contribution < -0.4 is 15.9 Å². The fraction of sp³-hybridized carbons (Fsp3) is 0.471. The Morgan fingerprint density at radius 1 is 0.457 bits per heavy atom. The number of benzene rings is 3. The molecule has 0 aromatic heterocycles. The first kappa shape index (κ1) is 27.7. The molecule has 35 heavy (non-hydrogen) atoms. The second kappa shape index (κ2) is 15.3. The summed E-state index contributed by atoms with van der Waals surface area (Å²) in [6.45, 7) is 9.21. The Balaban J connectivity index is 1.99. The summed E-state index contributed by atoms with van der Waals surface area (Å²) in [5.74, 6) is 0. The maximum atomic E-state index is 2.57. The van der Waals surface area contributed by atoms with E-state index in [1.54, 1.807) is 11.1 Å². The average molecular weight is 487 g/mol. The van der Waals surface area contributed by atoms with Crippen LogP contribution in [0.25, 0.3) is 0 Å². The highest BCUT2D eigenvalue weighted by molar-refractivity contribution is 7.79. The van der Waals surface area contributed by atoms with Crippen molar-refractivity contribution in [2.45, 2.75) is 105 Å². The Morgan fingerprint density at radius 3 is 1.37 bits per heavy atom. The molecule has 0 aliphatic carbocycles. The number of unbranched alkanes of at least 4 members (excludes halogenated alkanes) is 6. The fourth-order valence-corrected chi connectivity index (χ4v) is 7.55. The fourth-order valence-electron chi connectivity index (χ4n) is 5.17. The van der Waals surface area contributed by atoms with Gasteiger partial charge in [-0.15, -0.1) is 0 Å². The molecule has 0 aliphatic rings. The standard InChI is InChI=1S/C34H47P/c1-5-9-11-14-18-30-26-33(24-22-28(30)7-3)35(32-20-16-13-17-21-32)34-25-23-29(8-4)31(27-34)19-15-12-10-6-2/h13,16-17,20-27H,5-12,14-15,18-19H2,1-4H3. The molecule has 0 spiro atoms. The van der Waals surface area contributed by atoms with E-state index in [2.05, 4.69) is 94.4 Å². The van der Waals surface area contributed by atoms with Gasteiger partial charge in [-0.1, -0.05) is 133 Å². The molecule has 0 unspecified atom stereocenters. The topological polar surface area (TPSA) is 0 Å². The summed E-state index contributed by atoms with van der Waals surface area (Å²) in [5, 5.41) is 4.48. The molecule has 188 valence electrons. The first-order chi connectivity index (χ1) is 17.2. The Bertz CT molecular complexity index is 941. The zero-order chi connectivity index (χ0) is 24.9. The molecule has 0 atom stereocenters. The number of hydrogen-bond acceptors (Lipinski definition) is 0. The summed E-state index contributed by atoms with van der Waals surface area (Å²) >= 11 is 0. The van der Waals surface area contributed by atoms with Crippen LogP contribution in [0, 0.1) is 0 Å². The SMILES string of the molecule is CCCCCCc1cc(P(c2ccccc2)c2ccc(CC)c(CCCCCC)c2)ccc1CC. The molecule has 3 rings (SSSR count). The number of hydrogen-bond donors (Lipinski definition) is 0. The van der Waals surface area contributed by atoms with Gasteiger partial charge in [0, 0.05) is 0 Å². The molecule has 1 heteroatoms.